The highest BCUT2D eigenvalue weighted by atomic mass is 19.1. The van der Waals surface area contributed by atoms with E-state index >= 15 is 0 Å². The van der Waals surface area contributed by atoms with Crippen molar-refractivity contribution in [2.24, 2.45) is 0 Å². The van der Waals surface area contributed by atoms with Crippen molar-refractivity contribution in [2.75, 3.05) is 6.54 Å². The van der Waals surface area contributed by atoms with Crippen molar-refractivity contribution < 1.29 is 18.7 Å². The molecule has 3 aromatic rings. The number of aliphatic hydroxyl groups excluding tert-OH is 1. The Labute approximate surface area is 138 Å². The molecular formula is C19H16FNO3. The molecule has 1 amide bonds. The lowest BCUT2D eigenvalue weighted by Gasteiger charge is -2.13. The van der Waals surface area contributed by atoms with Gasteiger partial charge in [0.2, 0.25) is 0 Å². The second-order valence-electron chi connectivity index (χ2n) is 5.34. The zero-order valence-corrected chi connectivity index (χ0v) is 12.8. The minimum atomic E-state index is -0.854. The molecule has 3 rings (SSSR count). The summed E-state index contributed by atoms with van der Waals surface area (Å²) in [5.41, 5.74) is 1.79. The number of aliphatic hydroxyl groups is 1. The van der Waals surface area contributed by atoms with Gasteiger partial charge >= 0.3 is 0 Å². The van der Waals surface area contributed by atoms with Crippen LogP contribution in [0, 0.1) is 5.82 Å². The molecule has 0 aliphatic heterocycles. The van der Waals surface area contributed by atoms with Gasteiger partial charge in [0.15, 0.2) is 0 Å². The van der Waals surface area contributed by atoms with E-state index in [9.17, 15) is 14.3 Å². The molecule has 0 unspecified atom stereocenters. The van der Waals surface area contributed by atoms with Gasteiger partial charge in [0.05, 0.1) is 12.4 Å². The van der Waals surface area contributed by atoms with Crippen LogP contribution in [0.1, 0.15) is 22.0 Å². The van der Waals surface area contributed by atoms with Gasteiger partial charge in [0.25, 0.3) is 5.91 Å². The van der Waals surface area contributed by atoms with Crippen molar-refractivity contribution in [2.45, 2.75) is 6.10 Å². The zero-order valence-electron chi connectivity index (χ0n) is 12.8. The maximum atomic E-state index is 13.1. The highest BCUT2D eigenvalue weighted by Crippen LogP contribution is 2.22. The molecule has 0 bridgehead atoms. The minimum absolute atomic E-state index is 0.0371. The monoisotopic (exact) mass is 325 g/mol. The number of carbonyl (C=O) groups is 1. The number of hydrogen-bond acceptors (Lipinski definition) is 3. The zero-order chi connectivity index (χ0) is 16.9. The van der Waals surface area contributed by atoms with Gasteiger partial charge < -0.3 is 14.8 Å². The molecule has 0 radical (unpaired) electrons. The van der Waals surface area contributed by atoms with Gasteiger partial charge in [0, 0.05) is 17.7 Å². The van der Waals surface area contributed by atoms with Gasteiger partial charge in [-0.15, -0.1) is 0 Å². The Hall–Kier alpha value is -2.92. The van der Waals surface area contributed by atoms with Crippen LogP contribution in [0.2, 0.25) is 0 Å². The van der Waals surface area contributed by atoms with Crippen LogP contribution in [0.25, 0.3) is 11.3 Å². The predicted octanol–water partition coefficient (Wildman–Crippen LogP) is 3.55. The molecule has 2 aromatic carbocycles. The first-order valence-corrected chi connectivity index (χ1v) is 7.49. The van der Waals surface area contributed by atoms with Crippen LogP contribution in [-0.4, -0.2) is 17.6 Å². The summed E-state index contributed by atoms with van der Waals surface area (Å²) < 4.78 is 18.4. The summed E-state index contributed by atoms with van der Waals surface area (Å²) in [6.45, 7) is 0.0371. The topological polar surface area (TPSA) is 62.5 Å². The average Bonchev–Trinajstić information content (AvgIpc) is 3.14. The van der Waals surface area contributed by atoms with E-state index in [-0.39, 0.29) is 12.1 Å². The van der Waals surface area contributed by atoms with E-state index in [0.717, 1.165) is 17.4 Å². The summed E-state index contributed by atoms with van der Waals surface area (Å²) in [6, 6.07) is 16.3. The second kappa shape index (κ2) is 7.10. The molecule has 0 saturated heterocycles. The van der Waals surface area contributed by atoms with Crippen molar-refractivity contribution in [3.8, 4) is 11.3 Å². The third-order valence-corrected chi connectivity index (χ3v) is 3.64. The van der Waals surface area contributed by atoms with E-state index in [0.29, 0.717) is 5.56 Å². The average molecular weight is 325 g/mol. The van der Waals surface area contributed by atoms with Crippen LogP contribution < -0.4 is 5.32 Å². The van der Waals surface area contributed by atoms with Crippen molar-refractivity contribution in [1.29, 1.82) is 0 Å². The molecule has 0 fully saturated rings. The molecule has 1 atom stereocenters. The summed E-state index contributed by atoms with van der Waals surface area (Å²) in [5, 5.41) is 12.8. The Bertz CT molecular complexity index is 813. The summed E-state index contributed by atoms with van der Waals surface area (Å²) in [5.74, 6) is -0.159. The molecule has 0 aliphatic rings. The number of amides is 1. The van der Waals surface area contributed by atoms with E-state index in [1.165, 1.54) is 18.2 Å². The van der Waals surface area contributed by atoms with E-state index in [4.69, 9.17) is 4.42 Å². The SMILES string of the molecule is O=C(NC[C@@H](O)c1ccc(-c2ccco2)cc1)c1cccc(F)c1. The third kappa shape index (κ3) is 3.70. The number of carbonyl (C=O) groups excluding carboxylic acids is 1. The molecule has 2 N–H and O–H groups in total. The highest BCUT2D eigenvalue weighted by Gasteiger charge is 2.12. The Kier molecular flexibility index (Phi) is 4.72. The van der Waals surface area contributed by atoms with E-state index in [1.54, 1.807) is 24.5 Å². The Morgan fingerprint density at radius 1 is 1.12 bits per heavy atom. The maximum Gasteiger partial charge on any atom is 0.251 e. The number of nitrogens with one attached hydrogen (secondary N) is 1. The first kappa shape index (κ1) is 16.0. The molecule has 24 heavy (non-hydrogen) atoms. The smallest absolute Gasteiger partial charge is 0.251 e. The molecule has 1 heterocycles. The largest absolute Gasteiger partial charge is 0.464 e. The van der Waals surface area contributed by atoms with Crippen LogP contribution in [0.5, 0.6) is 0 Å². The predicted molar refractivity (Wildman–Crippen MR) is 87.8 cm³/mol. The van der Waals surface area contributed by atoms with Crippen molar-refractivity contribution in [3.05, 3.63) is 83.9 Å². The quantitative estimate of drug-likeness (QED) is 0.754. The van der Waals surface area contributed by atoms with Gasteiger partial charge in [0.1, 0.15) is 11.6 Å². The van der Waals surface area contributed by atoms with Crippen LogP contribution in [0.4, 0.5) is 4.39 Å². The number of hydrogen-bond donors (Lipinski definition) is 2. The fraction of sp³-hybridized carbons (Fsp3) is 0.105. The summed E-state index contributed by atoms with van der Waals surface area (Å²) >= 11 is 0. The first-order valence-electron chi connectivity index (χ1n) is 7.49. The van der Waals surface area contributed by atoms with E-state index < -0.39 is 17.8 Å². The number of furan rings is 1. The summed E-state index contributed by atoms with van der Waals surface area (Å²) in [4.78, 5) is 11.9. The van der Waals surface area contributed by atoms with Crippen LogP contribution in [0.15, 0.2) is 71.3 Å². The van der Waals surface area contributed by atoms with Gasteiger partial charge in [-0.05, 0) is 35.9 Å². The third-order valence-electron chi connectivity index (χ3n) is 3.64. The molecule has 0 spiro atoms. The molecular weight excluding hydrogens is 309 g/mol. The maximum absolute atomic E-state index is 13.1. The van der Waals surface area contributed by atoms with Crippen LogP contribution in [0.3, 0.4) is 0 Å². The minimum Gasteiger partial charge on any atom is -0.464 e. The van der Waals surface area contributed by atoms with E-state index in [2.05, 4.69) is 5.32 Å². The Morgan fingerprint density at radius 3 is 2.58 bits per heavy atom. The molecule has 122 valence electrons. The van der Waals surface area contributed by atoms with Gasteiger partial charge in [-0.25, -0.2) is 4.39 Å². The molecule has 5 heteroatoms. The van der Waals surface area contributed by atoms with Crippen LogP contribution >= 0.6 is 0 Å². The van der Waals surface area contributed by atoms with Gasteiger partial charge in [-0.1, -0.05) is 30.3 Å². The second-order valence-corrected chi connectivity index (χ2v) is 5.34. The number of rotatable bonds is 5. The van der Waals surface area contributed by atoms with Gasteiger partial charge in [-0.2, -0.15) is 0 Å². The van der Waals surface area contributed by atoms with Gasteiger partial charge in [-0.3, -0.25) is 4.79 Å². The molecule has 1 aromatic heterocycles. The van der Waals surface area contributed by atoms with Crippen molar-refractivity contribution in [1.82, 2.24) is 5.32 Å². The summed E-state index contributed by atoms with van der Waals surface area (Å²) in [6.07, 6.45) is 0.744. The lowest BCUT2D eigenvalue weighted by atomic mass is 10.1. The molecule has 0 saturated carbocycles. The fourth-order valence-corrected chi connectivity index (χ4v) is 2.35. The molecule has 4 nitrogen and oxygen atoms in total. The van der Waals surface area contributed by atoms with Crippen LogP contribution in [-0.2, 0) is 0 Å². The molecule has 0 aliphatic carbocycles. The normalized spacial score (nSPS) is 11.9. The van der Waals surface area contributed by atoms with Crippen molar-refractivity contribution in [3.63, 3.8) is 0 Å². The Morgan fingerprint density at radius 2 is 1.92 bits per heavy atom. The Balaban J connectivity index is 1.60. The van der Waals surface area contributed by atoms with Crippen molar-refractivity contribution >= 4 is 5.91 Å². The summed E-state index contributed by atoms with van der Waals surface area (Å²) in [7, 11) is 0. The van der Waals surface area contributed by atoms with E-state index in [1.807, 2.05) is 18.2 Å². The highest BCUT2D eigenvalue weighted by molar-refractivity contribution is 5.94. The standard InChI is InChI=1S/C19H16FNO3/c20-16-4-1-3-15(11-16)19(23)21-12-17(22)13-6-8-14(9-7-13)18-5-2-10-24-18/h1-11,17,22H,12H2,(H,21,23)/t17-/m1/s1. The first-order chi connectivity index (χ1) is 11.6. The lowest BCUT2D eigenvalue weighted by Crippen LogP contribution is -2.28. The number of halogens is 1. The fourth-order valence-electron chi connectivity index (χ4n) is 2.35. The lowest BCUT2D eigenvalue weighted by molar-refractivity contribution is 0.0916. The number of benzene rings is 2.